The fourth-order valence-corrected chi connectivity index (χ4v) is 2.90. The molecule has 2 heterocycles. The Balaban J connectivity index is 1.42. The molecule has 22 heavy (non-hydrogen) atoms. The Bertz CT molecular complexity index is 638. The highest BCUT2D eigenvalue weighted by molar-refractivity contribution is 5.23. The highest BCUT2D eigenvalue weighted by Crippen LogP contribution is 2.38. The third kappa shape index (κ3) is 2.71. The fourth-order valence-electron chi connectivity index (χ4n) is 2.90. The second kappa shape index (κ2) is 6.05. The summed E-state index contributed by atoms with van der Waals surface area (Å²) in [6.45, 7) is 0.555. The molecular weight excluding hydrogens is 276 g/mol. The molecule has 3 heteroatoms. The van der Waals surface area contributed by atoms with E-state index in [-0.39, 0.29) is 24.6 Å². The first-order chi connectivity index (χ1) is 10.9. The maximum Gasteiger partial charge on any atom is 0.189 e. The van der Waals surface area contributed by atoms with Crippen molar-refractivity contribution >= 4 is 0 Å². The topological polar surface area (TPSA) is 27.7 Å². The molecule has 0 unspecified atom stereocenters. The maximum atomic E-state index is 6.06. The van der Waals surface area contributed by atoms with Crippen molar-refractivity contribution < 1.29 is 14.2 Å². The quantitative estimate of drug-likeness (QED) is 0.806. The van der Waals surface area contributed by atoms with Gasteiger partial charge >= 0.3 is 0 Å². The minimum Gasteiger partial charge on any atom is -0.364 e. The van der Waals surface area contributed by atoms with E-state index in [1.54, 1.807) is 0 Å². The number of hydrogen-bond donors (Lipinski definition) is 0. The molecule has 0 aromatic heterocycles. The van der Waals surface area contributed by atoms with Gasteiger partial charge in [-0.05, 0) is 11.1 Å². The van der Waals surface area contributed by atoms with Gasteiger partial charge in [-0.25, -0.2) is 0 Å². The van der Waals surface area contributed by atoms with E-state index in [2.05, 4.69) is 36.4 Å². The van der Waals surface area contributed by atoms with Gasteiger partial charge in [0.1, 0.15) is 18.3 Å². The van der Waals surface area contributed by atoms with Crippen LogP contribution in [-0.4, -0.2) is 18.5 Å². The number of hydrogen-bond acceptors (Lipinski definition) is 3. The van der Waals surface area contributed by atoms with E-state index in [0.29, 0.717) is 6.61 Å². The van der Waals surface area contributed by atoms with Crippen molar-refractivity contribution in [3.8, 4) is 0 Å². The SMILES string of the molecule is C1=C[C@@H](OCc2ccccc2)[C@H]2O[C@@H]1[C@H](c1ccccc1)O2. The Hall–Kier alpha value is -1.94. The van der Waals surface area contributed by atoms with Crippen LogP contribution in [-0.2, 0) is 20.8 Å². The van der Waals surface area contributed by atoms with Gasteiger partial charge < -0.3 is 14.2 Å². The van der Waals surface area contributed by atoms with Crippen LogP contribution in [0.5, 0.6) is 0 Å². The predicted octanol–water partition coefficient (Wildman–Crippen LogP) is 3.62. The molecule has 112 valence electrons. The lowest BCUT2D eigenvalue weighted by atomic mass is 10.0. The summed E-state index contributed by atoms with van der Waals surface area (Å²) in [5, 5.41) is 0. The maximum absolute atomic E-state index is 6.06. The summed E-state index contributed by atoms with van der Waals surface area (Å²) in [5.41, 5.74) is 2.29. The molecule has 2 aliphatic rings. The van der Waals surface area contributed by atoms with Crippen molar-refractivity contribution in [1.82, 2.24) is 0 Å². The summed E-state index contributed by atoms with van der Waals surface area (Å²) < 4.78 is 17.9. The largest absolute Gasteiger partial charge is 0.364 e. The van der Waals surface area contributed by atoms with Crippen LogP contribution >= 0.6 is 0 Å². The Morgan fingerprint density at radius 2 is 1.55 bits per heavy atom. The first-order valence-corrected chi connectivity index (χ1v) is 7.60. The van der Waals surface area contributed by atoms with Gasteiger partial charge in [0.05, 0.1) is 6.61 Å². The Morgan fingerprint density at radius 3 is 2.32 bits per heavy atom. The molecule has 2 aromatic rings. The summed E-state index contributed by atoms with van der Waals surface area (Å²) in [6.07, 6.45) is 3.55. The van der Waals surface area contributed by atoms with Crippen molar-refractivity contribution in [1.29, 1.82) is 0 Å². The van der Waals surface area contributed by atoms with Gasteiger partial charge in [-0.15, -0.1) is 0 Å². The molecule has 0 saturated carbocycles. The predicted molar refractivity (Wildman–Crippen MR) is 83.1 cm³/mol. The van der Waals surface area contributed by atoms with Gasteiger partial charge in [-0.3, -0.25) is 0 Å². The third-order valence-corrected chi connectivity index (χ3v) is 4.04. The normalized spacial score (nSPS) is 29.6. The Labute approximate surface area is 130 Å². The van der Waals surface area contributed by atoms with Crippen molar-refractivity contribution in [2.75, 3.05) is 0 Å². The molecule has 0 N–H and O–H groups in total. The van der Waals surface area contributed by atoms with Crippen molar-refractivity contribution in [2.45, 2.75) is 31.2 Å². The summed E-state index contributed by atoms with van der Waals surface area (Å²) in [5.74, 6) is 0. The Kier molecular flexibility index (Phi) is 3.77. The molecule has 4 rings (SSSR count). The highest BCUT2D eigenvalue weighted by Gasteiger charge is 2.42. The van der Waals surface area contributed by atoms with Crippen LogP contribution in [0.4, 0.5) is 0 Å². The standard InChI is InChI=1S/C19H18O3/c1-3-7-14(8-4-1)13-20-17-12-11-16-18(22-19(17)21-16)15-9-5-2-6-10-15/h1-12,16-19H,13H2/t16-,17+,18-,19-/m0/s1. The molecule has 0 aliphatic carbocycles. The molecule has 3 nitrogen and oxygen atoms in total. The molecule has 0 amide bonds. The molecule has 2 aliphatic heterocycles. The molecule has 1 fully saturated rings. The first kappa shape index (κ1) is 13.7. The van der Waals surface area contributed by atoms with Crippen molar-refractivity contribution in [3.05, 3.63) is 83.9 Å². The van der Waals surface area contributed by atoms with Crippen molar-refractivity contribution in [3.63, 3.8) is 0 Å². The molecule has 0 spiro atoms. The number of ether oxygens (including phenoxy) is 3. The Morgan fingerprint density at radius 1 is 0.818 bits per heavy atom. The molecular formula is C19H18O3. The lowest BCUT2D eigenvalue weighted by molar-refractivity contribution is -0.146. The first-order valence-electron chi connectivity index (χ1n) is 7.60. The van der Waals surface area contributed by atoms with E-state index in [1.807, 2.05) is 36.4 Å². The van der Waals surface area contributed by atoms with Crippen LogP contribution in [0.1, 0.15) is 17.2 Å². The van der Waals surface area contributed by atoms with E-state index in [1.165, 1.54) is 0 Å². The zero-order chi connectivity index (χ0) is 14.8. The van der Waals surface area contributed by atoms with Crippen LogP contribution in [0.2, 0.25) is 0 Å². The minimum absolute atomic E-state index is 0.0241. The van der Waals surface area contributed by atoms with Crippen LogP contribution in [0.3, 0.4) is 0 Å². The fraction of sp³-hybridized carbons (Fsp3) is 0.263. The number of rotatable bonds is 4. The summed E-state index contributed by atoms with van der Waals surface area (Å²) in [6, 6.07) is 20.3. The van der Waals surface area contributed by atoms with Crippen LogP contribution in [0.25, 0.3) is 0 Å². The van der Waals surface area contributed by atoms with Gasteiger partial charge in [0.15, 0.2) is 6.29 Å². The second-order valence-electron chi connectivity index (χ2n) is 5.58. The van der Waals surface area contributed by atoms with E-state index >= 15 is 0 Å². The zero-order valence-corrected chi connectivity index (χ0v) is 12.2. The third-order valence-electron chi connectivity index (χ3n) is 4.04. The van der Waals surface area contributed by atoms with Crippen molar-refractivity contribution in [2.24, 2.45) is 0 Å². The zero-order valence-electron chi connectivity index (χ0n) is 12.2. The lowest BCUT2D eigenvalue weighted by Gasteiger charge is -2.22. The van der Waals surface area contributed by atoms with E-state index < -0.39 is 0 Å². The molecule has 2 aromatic carbocycles. The van der Waals surface area contributed by atoms with Gasteiger partial charge in [-0.2, -0.15) is 0 Å². The number of fused-ring (bicyclic) bond motifs is 2. The van der Waals surface area contributed by atoms with E-state index in [4.69, 9.17) is 14.2 Å². The molecule has 4 atom stereocenters. The second-order valence-corrected chi connectivity index (χ2v) is 5.58. The van der Waals surface area contributed by atoms with Gasteiger partial charge in [0.2, 0.25) is 0 Å². The van der Waals surface area contributed by atoms with Gasteiger partial charge in [-0.1, -0.05) is 72.8 Å². The summed E-state index contributed by atoms with van der Waals surface area (Å²) >= 11 is 0. The smallest absolute Gasteiger partial charge is 0.189 e. The van der Waals surface area contributed by atoms with Gasteiger partial charge in [0.25, 0.3) is 0 Å². The average molecular weight is 294 g/mol. The van der Waals surface area contributed by atoms with Crippen LogP contribution < -0.4 is 0 Å². The monoisotopic (exact) mass is 294 g/mol. The van der Waals surface area contributed by atoms with E-state index in [9.17, 15) is 0 Å². The molecule has 1 saturated heterocycles. The molecule has 0 radical (unpaired) electrons. The summed E-state index contributed by atoms with van der Waals surface area (Å²) in [7, 11) is 0. The van der Waals surface area contributed by atoms with Gasteiger partial charge in [0, 0.05) is 0 Å². The average Bonchev–Trinajstić information content (AvgIpc) is 2.93. The summed E-state index contributed by atoms with van der Waals surface area (Å²) in [4.78, 5) is 0. The van der Waals surface area contributed by atoms with Crippen LogP contribution in [0, 0.1) is 0 Å². The minimum atomic E-state index is -0.330. The van der Waals surface area contributed by atoms with E-state index in [0.717, 1.165) is 11.1 Å². The molecule has 2 bridgehead atoms. The highest BCUT2D eigenvalue weighted by atomic mass is 16.7. The number of benzene rings is 2. The van der Waals surface area contributed by atoms with Crippen LogP contribution in [0.15, 0.2) is 72.8 Å². The lowest BCUT2D eigenvalue weighted by Crippen LogP contribution is -2.31.